The van der Waals surface area contributed by atoms with Crippen LogP contribution in [0.25, 0.3) is 0 Å². The van der Waals surface area contributed by atoms with Crippen molar-refractivity contribution in [2.45, 2.75) is 25.6 Å². The lowest BCUT2D eigenvalue weighted by Crippen LogP contribution is -2.25. The van der Waals surface area contributed by atoms with Crippen molar-refractivity contribution >= 4 is 17.6 Å². The van der Waals surface area contributed by atoms with Crippen LogP contribution in [0.4, 0.5) is 13.2 Å². The molecule has 1 rings (SSSR count). The van der Waals surface area contributed by atoms with Crippen LogP contribution in [0.5, 0.6) is 5.75 Å². The SMILES string of the molecule is CCOC(=O)Cc1c(OC(F)(F)F)c(CCl)c[nH]c1=O. The fourth-order valence-electron chi connectivity index (χ4n) is 1.46. The summed E-state index contributed by atoms with van der Waals surface area (Å²) in [5.74, 6) is -1.92. The van der Waals surface area contributed by atoms with Gasteiger partial charge in [-0.25, -0.2) is 0 Å². The average molecular weight is 314 g/mol. The van der Waals surface area contributed by atoms with E-state index in [1.807, 2.05) is 0 Å². The van der Waals surface area contributed by atoms with Gasteiger partial charge in [0.2, 0.25) is 0 Å². The van der Waals surface area contributed by atoms with Crippen LogP contribution in [0.3, 0.4) is 0 Å². The maximum absolute atomic E-state index is 12.4. The lowest BCUT2D eigenvalue weighted by atomic mass is 10.1. The van der Waals surface area contributed by atoms with Gasteiger partial charge in [-0.05, 0) is 6.92 Å². The summed E-state index contributed by atoms with van der Waals surface area (Å²) < 4.78 is 45.5. The molecule has 5 nitrogen and oxygen atoms in total. The van der Waals surface area contributed by atoms with Crippen LogP contribution in [-0.2, 0) is 21.8 Å². The van der Waals surface area contributed by atoms with Gasteiger partial charge in [0.25, 0.3) is 5.56 Å². The van der Waals surface area contributed by atoms with Crippen molar-refractivity contribution in [2.24, 2.45) is 0 Å². The Labute approximate surface area is 116 Å². The van der Waals surface area contributed by atoms with Gasteiger partial charge in [-0.3, -0.25) is 9.59 Å². The third-order valence-corrected chi connectivity index (χ3v) is 2.49. The number of carbonyl (C=O) groups excluding carboxylic acids is 1. The molecule has 1 aromatic rings. The minimum atomic E-state index is -5.00. The molecule has 0 atom stereocenters. The van der Waals surface area contributed by atoms with Crippen molar-refractivity contribution in [1.82, 2.24) is 4.98 Å². The van der Waals surface area contributed by atoms with Crippen molar-refractivity contribution in [3.8, 4) is 5.75 Å². The first kappa shape index (κ1) is 16.4. The van der Waals surface area contributed by atoms with Gasteiger partial charge in [-0.15, -0.1) is 24.8 Å². The van der Waals surface area contributed by atoms with Gasteiger partial charge in [0, 0.05) is 11.8 Å². The van der Waals surface area contributed by atoms with Crippen molar-refractivity contribution in [2.75, 3.05) is 6.61 Å². The molecule has 1 N–H and O–H groups in total. The summed E-state index contributed by atoms with van der Waals surface area (Å²) >= 11 is 5.50. The molecule has 9 heteroatoms. The van der Waals surface area contributed by atoms with Gasteiger partial charge in [-0.2, -0.15) is 0 Å². The Morgan fingerprint density at radius 1 is 1.45 bits per heavy atom. The molecule has 0 aliphatic heterocycles. The second-order valence-corrected chi connectivity index (χ2v) is 3.88. The Bertz CT molecular complexity index is 541. The zero-order valence-corrected chi connectivity index (χ0v) is 11.1. The summed E-state index contributed by atoms with van der Waals surface area (Å²) in [6.07, 6.45) is -4.64. The lowest BCUT2D eigenvalue weighted by Gasteiger charge is -2.15. The molecule has 20 heavy (non-hydrogen) atoms. The molecule has 1 aromatic heterocycles. The molecule has 112 valence electrons. The summed E-state index contributed by atoms with van der Waals surface area (Å²) in [6.45, 7) is 1.58. The molecule has 0 radical (unpaired) electrons. The van der Waals surface area contributed by atoms with Gasteiger partial charge in [0.05, 0.1) is 24.5 Å². The van der Waals surface area contributed by atoms with E-state index in [1.54, 1.807) is 0 Å². The number of aromatic amines is 1. The van der Waals surface area contributed by atoms with E-state index in [0.717, 1.165) is 6.20 Å². The smallest absolute Gasteiger partial charge is 0.466 e. The zero-order valence-electron chi connectivity index (χ0n) is 10.3. The highest BCUT2D eigenvalue weighted by molar-refractivity contribution is 6.17. The molecule has 0 saturated heterocycles. The third kappa shape index (κ3) is 4.44. The number of esters is 1. The number of hydrogen-bond acceptors (Lipinski definition) is 4. The molecular weight excluding hydrogens is 303 g/mol. The van der Waals surface area contributed by atoms with Gasteiger partial charge >= 0.3 is 12.3 Å². The molecule has 0 amide bonds. The highest BCUT2D eigenvalue weighted by Gasteiger charge is 2.34. The number of ether oxygens (including phenoxy) is 2. The molecule has 0 aromatic carbocycles. The van der Waals surface area contributed by atoms with Crippen LogP contribution in [0.15, 0.2) is 11.0 Å². The van der Waals surface area contributed by atoms with E-state index >= 15 is 0 Å². The topological polar surface area (TPSA) is 68.4 Å². The van der Waals surface area contributed by atoms with E-state index in [1.165, 1.54) is 6.92 Å². The summed E-state index contributed by atoms with van der Waals surface area (Å²) in [5, 5.41) is 0. The second-order valence-electron chi connectivity index (χ2n) is 3.61. The lowest BCUT2D eigenvalue weighted by molar-refractivity contribution is -0.275. The van der Waals surface area contributed by atoms with Gasteiger partial charge in [0.1, 0.15) is 5.75 Å². The van der Waals surface area contributed by atoms with Gasteiger partial charge in [0.15, 0.2) is 0 Å². The summed E-state index contributed by atoms with van der Waals surface area (Å²) in [4.78, 5) is 25.1. The number of pyridine rings is 1. The van der Waals surface area contributed by atoms with E-state index in [4.69, 9.17) is 11.6 Å². The minimum absolute atomic E-state index is 0.0431. The molecule has 0 aliphatic rings. The maximum atomic E-state index is 12.4. The van der Waals surface area contributed by atoms with E-state index < -0.39 is 35.6 Å². The largest absolute Gasteiger partial charge is 0.573 e. The quantitative estimate of drug-likeness (QED) is 0.668. The van der Waals surface area contributed by atoms with Crippen LogP contribution in [0, 0.1) is 0 Å². The monoisotopic (exact) mass is 313 g/mol. The Kier molecular flexibility index (Phi) is 5.43. The number of H-pyrrole nitrogens is 1. The first-order valence-corrected chi connectivity index (χ1v) is 6.02. The molecule has 0 fully saturated rings. The van der Waals surface area contributed by atoms with Crippen molar-refractivity contribution in [3.63, 3.8) is 0 Å². The second kappa shape index (κ2) is 6.65. The Morgan fingerprint density at radius 2 is 2.10 bits per heavy atom. The average Bonchev–Trinajstić information content (AvgIpc) is 2.32. The Balaban J connectivity index is 3.25. The minimum Gasteiger partial charge on any atom is -0.466 e. The number of alkyl halides is 4. The molecule has 0 bridgehead atoms. The zero-order chi connectivity index (χ0) is 15.3. The van der Waals surface area contributed by atoms with Crippen molar-refractivity contribution in [3.05, 3.63) is 27.7 Å². The molecular formula is C11H11ClF3NO4. The normalized spacial score (nSPS) is 11.2. The fraction of sp³-hybridized carbons (Fsp3) is 0.455. The van der Waals surface area contributed by atoms with Gasteiger partial charge < -0.3 is 14.5 Å². The van der Waals surface area contributed by atoms with Crippen LogP contribution < -0.4 is 10.3 Å². The summed E-state index contributed by atoms with van der Waals surface area (Å²) in [6, 6.07) is 0. The highest BCUT2D eigenvalue weighted by Crippen LogP contribution is 2.29. The van der Waals surface area contributed by atoms with Crippen LogP contribution in [-0.4, -0.2) is 23.9 Å². The highest BCUT2D eigenvalue weighted by atomic mass is 35.5. The van der Waals surface area contributed by atoms with Crippen molar-refractivity contribution in [1.29, 1.82) is 0 Å². The van der Waals surface area contributed by atoms with Crippen LogP contribution in [0.2, 0.25) is 0 Å². The summed E-state index contributed by atoms with van der Waals surface area (Å²) in [5.41, 5.74) is -1.42. The third-order valence-electron chi connectivity index (χ3n) is 2.21. The van der Waals surface area contributed by atoms with E-state index in [9.17, 15) is 22.8 Å². The number of aromatic nitrogens is 1. The van der Waals surface area contributed by atoms with Crippen LogP contribution >= 0.6 is 11.6 Å². The molecule has 0 aliphatic carbocycles. The van der Waals surface area contributed by atoms with Crippen molar-refractivity contribution < 1.29 is 27.4 Å². The number of carbonyl (C=O) groups is 1. The van der Waals surface area contributed by atoms with E-state index in [0.29, 0.717) is 0 Å². The first-order valence-electron chi connectivity index (χ1n) is 5.49. The Hall–Kier alpha value is -1.70. The number of rotatable bonds is 5. The number of nitrogens with one attached hydrogen (secondary N) is 1. The standard InChI is InChI=1S/C11H11ClF3NO4/c1-2-19-8(17)3-7-9(20-11(13,14)15)6(4-12)5-16-10(7)18/h5H,2-4H2,1H3,(H,16,18). The molecule has 1 heterocycles. The van der Waals surface area contributed by atoms with Crippen LogP contribution in [0.1, 0.15) is 18.1 Å². The Morgan fingerprint density at radius 3 is 2.60 bits per heavy atom. The molecule has 0 unspecified atom stereocenters. The van der Waals surface area contributed by atoms with E-state index in [2.05, 4.69) is 14.5 Å². The predicted octanol–water partition coefficient (Wildman–Crippen LogP) is 2.12. The first-order chi connectivity index (χ1) is 9.28. The molecule has 0 spiro atoms. The fourth-order valence-corrected chi connectivity index (χ4v) is 1.66. The summed E-state index contributed by atoms with van der Waals surface area (Å²) in [7, 11) is 0. The van der Waals surface area contributed by atoms with Gasteiger partial charge in [-0.1, -0.05) is 0 Å². The molecule has 0 saturated carbocycles. The number of hydrogen-bond donors (Lipinski definition) is 1. The predicted molar refractivity (Wildman–Crippen MR) is 63.6 cm³/mol. The van der Waals surface area contributed by atoms with E-state index in [-0.39, 0.29) is 18.1 Å². The number of halogens is 4. The maximum Gasteiger partial charge on any atom is 0.573 e.